The number of fused-ring (bicyclic) bond motifs is 1. The van der Waals surface area contributed by atoms with Gasteiger partial charge < -0.3 is 20.8 Å². The van der Waals surface area contributed by atoms with Crippen molar-refractivity contribution < 1.29 is 10.2 Å². The SMILES string of the molecule is C=C(/C=C\c1cccc(O)c1N)N(CCCC)c1ccc2cccc(O)c2n1. The van der Waals surface area contributed by atoms with E-state index in [1.807, 2.05) is 41.3 Å². The Morgan fingerprint density at radius 2 is 1.86 bits per heavy atom. The van der Waals surface area contributed by atoms with Crippen molar-refractivity contribution in [3.63, 3.8) is 0 Å². The maximum atomic E-state index is 10.1. The molecule has 3 aromatic rings. The average molecular weight is 375 g/mol. The van der Waals surface area contributed by atoms with E-state index >= 15 is 0 Å². The summed E-state index contributed by atoms with van der Waals surface area (Å²) in [5.41, 5.74) is 8.30. The molecule has 0 saturated heterocycles. The molecule has 0 unspecified atom stereocenters. The highest BCUT2D eigenvalue weighted by molar-refractivity contribution is 5.86. The van der Waals surface area contributed by atoms with E-state index in [2.05, 4.69) is 18.5 Å². The third-order valence-electron chi connectivity index (χ3n) is 4.61. The molecule has 0 fully saturated rings. The van der Waals surface area contributed by atoms with Gasteiger partial charge in [0.05, 0.1) is 5.69 Å². The van der Waals surface area contributed by atoms with Crippen molar-refractivity contribution in [3.8, 4) is 11.5 Å². The molecule has 0 atom stereocenters. The molecule has 5 nitrogen and oxygen atoms in total. The van der Waals surface area contributed by atoms with Gasteiger partial charge >= 0.3 is 0 Å². The van der Waals surface area contributed by atoms with Gasteiger partial charge in [-0.05, 0) is 36.8 Å². The smallest absolute Gasteiger partial charge is 0.141 e. The molecule has 0 aliphatic heterocycles. The molecule has 4 N–H and O–H groups in total. The van der Waals surface area contributed by atoms with Crippen LogP contribution in [0.3, 0.4) is 0 Å². The molecule has 1 aromatic heterocycles. The average Bonchev–Trinajstić information content (AvgIpc) is 2.70. The van der Waals surface area contributed by atoms with Gasteiger partial charge in [-0.3, -0.25) is 0 Å². The van der Waals surface area contributed by atoms with E-state index in [9.17, 15) is 10.2 Å². The van der Waals surface area contributed by atoms with Gasteiger partial charge in [0.25, 0.3) is 0 Å². The third kappa shape index (κ3) is 4.09. The molecule has 144 valence electrons. The summed E-state index contributed by atoms with van der Waals surface area (Å²) in [5.74, 6) is 0.937. The monoisotopic (exact) mass is 375 g/mol. The van der Waals surface area contributed by atoms with E-state index in [1.54, 1.807) is 24.3 Å². The fraction of sp³-hybridized carbons (Fsp3) is 0.174. The van der Waals surface area contributed by atoms with E-state index in [-0.39, 0.29) is 11.5 Å². The van der Waals surface area contributed by atoms with E-state index < -0.39 is 0 Å². The van der Waals surface area contributed by atoms with Crippen LogP contribution in [0.5, 0.6) is 11.5 Å². The molecule has 2 aromatic carbocycles. The summed E-state index contributed by atoms with van der Waals surface area (Å²) in [6.07, 6.45) is 5.69. The van der Waals surface area contributed by atoms with E-state index in [0.717, 1.165) is 41.9 Å². The number of pyridine rings is 1. The first-order valence-corrected chi connectivity index (χ1v) is 9.32. The molecule has 0 spiro atoms. The van der Waals surface area contributed by atoms with E-state index in [4.69, 9.17) is 5.73 Å². The molecule has 0 aliphatic carbocycles. The number of hydrogen-bond acceptors (Lipinski definition) is 5. The van der Waals surface area contributed by atoms with Crippen LogP contribution in [0.1, 0.15) is 25.3 Å². The van der Waals surface area contributed by atoms with Crippen LogP contribution >= 0.6 is 0 Å². The molecular formula is C23H25N3O2. The number of benzene rings is 2. The Labute approximate surface area is 165 Å². The first kappa shape index (κ1) is 19.3. The van der Waals surface area contributed by atoms with Crippen LogP contribution in [0.2, 0.25) is 0 Å². The molecule has 0 aliphatic rings. The number of phenolic OH excluding ortho intramolecular Hbond substituents is 2. The van der Waals surface area contributed by atoms with Crippen molar-refractivity contribution in [2.24, 2.45) is 0 Å². The van der Waals surface area contributed by atoms with Gasteiger partial charge in [-0.25, -0.2) is 4.98 Å². The van der Waals surface area contributed by atoms with Crippen molar-refractivity contribution in [2.45, 2.75) is 19.8 Å². The second-order valence-corrected chi connectivity index (χ2v) is 6.63. The van der Waals surface area contributed by atoms with Crippen molar-refractivity contribution in [1.82, 2.24) is 4.98 Å². The number of rotatable bonds is 7. The van der Waals surface area contributed by atoms with Gasteiger partial charge in [-0.2, -0.15) is 0 Å². The third-order valence-corrected chi connectivity index (χ3v) is 4.61. The zero-order valence-corrected chi connectivity index (χ0v) is 16.0. The topological polar surface area (TPSA) is 82.6 Å². The van der Waals surface area contributed by atoms with Gasteiger partial charge in [0.15, 0.2) is 0 Å². The Morgan fingerprint density at radius 1 is 1.11 bits per heavy atom. The lowest BCUT2D eigenvalue weighted by atomic mass is 10.1. The number of aromatic hydroxyl groups is 2. The van der Waals surface area contributed by atoms with Gasteiger partial charge in [0.2, 0.25) is 0 Å². The molecule has 0 bridgehead atoms. The lowest BCUT2D eigenvalue weighted by Gasteiger charge is -2.24. The minimum atomic E-state index is 0.0577. The Balaban J connectivity index is 1.93. The summed E-state index contributed by atoms with van der Waals surface area (Å²) >= 11 is 0. The summed E-state index contributed by atoms with van der Waals surface area (Å²) in [4.78, 5) is 6.67. The lowest BCUT2D eigenvalue weighted by Crippen LogP contribution is -2.23. The highest BCUT2D eigenvalue weighted by Crippen LogP contribution is 2.28. The number of nitrogens with two attached hydrogens (primary N) is 1. The predicted molar refractivity (Wildman–Crippen MR) is 116 cm³/mol. The molecule has 0 saturated carbocycles. The standard InChI is InChI=1S/C23H25N3O2/c1-3-4-15-26(16(2)11-12-17-7-5-9-19(27)22(17)24)21-14-13-18-8-6-10-20(28)23(18)25-21/h5-14,27-28H,2-4,15,24H2,1H3/b12-11-. The zero-order chi connectivity index (χ0) is 20.1. The van der Waals surface area contributed by atoms with E-state index in [0.29, 0.717) is 11.2 Å². The summed E-state index contributed by atoms with van der Waals surface area (Å²) in [7, 11) is 0. The molecular weight excluding hydrogens is 350 g/mol. The maximum absolute atomic E-state index is 10.1. The zero-order valence-electron chi connectivity index (χ0n) is 16.0. The summed E-state index contributed by atoms with van der Waals surface area (Å²) in [5, 5.41) is 20.8. The number of allylic oxidation sites excluding steroid dienone is 1. The number of nitrogen functional groups attached to an aromatic ring is 1. The highest BCUT2D eigenvalue weighted by atomic mass is 16.3. The number of hydrogen-bond donors (Lipinski definition) is 3. The number of aromatic nitrogens is 1. The fourth-order valence-corrected chi connectivity index (χ4v) is 2.98. The lowest BCUT2D eigenvalue weighted by molar-refractivity contribution is 0.478. The second-order valence-electron chi connectivity index (χ2n) is 6.63. The highest BCUT2D eigenvalue weighted by Gasteiger charge is 2.12. The number of phenols is 2. The van der Waals surface area contributed by atoms with Crippen molar-refractivity contribution in [2.75, 3.05) is 17.2 Å². The Morgan fingerprint density at radius 3 is 2.64 bits per heavy atom. The number of unbranched alkanes of at least 4 members (excludes halogenated alkanes) is 1. The summed E-state index contributed by atoms with van der Waals surface area (Å²) in [6.45, 7) is 7.07. The Hall–Kier alpha value is -3.47. The summed E-state index contributed by atoms with van der Waals surface area (Å²) in [6, 6.07) is 14.4. The molecule has 28 heavy (non-hydrogen) atoms. The van der Waals surface area contributed by atoms with Crippen LogP contribution in [-0.4, -0.2) is 21.7 Å². The van der Waals surface area contributed by atoms with Crippen LogP contribution in [0, 0.1) is 0 Å². The van der Waals surface area contributed by atoms with Gasteiger partial charge in [0, 0.05) is 23.2 Å². The predicted octanol–water partition coefficient (Wildman–Crippen LogP) is 5.06. The Kier molecular flexibility index (Phi) is 5.84. The molecule has 3 rings (SSSR count). The number of anilines is 2. The normalized spacial score (nSPS) is 11.2. The fourth-order valence-electron chi connectivity index (χ4n) is 2.98. The van der Waals surface area contributed by atoms with Gasteiger partial charge in [-0.1, -0.05) is 50.3 Å². The van der Waals surface area contributed by atoms with Crippen molar-refractivity contribution >= 4 is 28.5 Å². The molecule has 0 radical (unpaired) electrons. The first-order chi connectivity index (χ1) is 13.5. The van der Waals surface area contributed by atoms with E-state index in [1.165, 1.54) is 0 Å². The molecule has 0 amide bonds. The second kappa shape index (κ2) is 8.48. The van der Waals surface area contributed by atoms with Gasteiger partial charge in [0.1, 0.15) is 22.8 Å². The van der Waals surface area contributed by atoms with Crippen LogP contribution in [0.25, 0.3) is 17.0 Å². The van der Waals surface area contributed by atoms with Crippen molar-refractivity contribution in [1.29, 1.82) is 0 Å². The summed E-state index contributed by atoms with van der Waals surface area (Å²) < 4.78 is 0. The van der Waals surface area contributed by atoms with Crippen LogP contribution < -0.4 is 10.6 Å². The minimum Gasteiger partial charge on any atom is -0.506 e. The largest absolute Gasteiger partial charge is 0.506 e. The number of nitrogens with zero attached hydrogens (tertiary/aromatic N) is 2. The molecule has 5 heteroatoms. The number of para-hydroxylation sites is 2. The molecule has 1 heterocycles. The van der Waals surface area contributed by atoms with Crippen molar-refractivity contribution in [3.05, 3.63) is 72.4 Å². The Bertz CT molecular complexity index is 1030. The maximum Gasteiger partial charge on any atom is 0.141 e. The van der Waals surface area contributed by atoms with Crippen LogP contribution in [0.4, 0.5) is 11.5 Å². The quantitative estimate of drug-likeness (QED) is 0.305. The minimum absolute atomic E-state index is 0.0577. The first-order valence-electron chi connectivity index (χ1n) is 9.32. The van der Waals surface area contributed by atoms with Gasteiger partial charge in [-0.15, -0.1) is 0 Å². The van der Waals surface area contributed by atoms with Crippen LogP contribution in [0.15, 0.2) is 66.9 Å². The van der Waals surface area contributed by atoms with Crippen LogP contribution in [-0.2, 0) is 0 Å².